The van der Waals surface area contributed by atoms with Gasteiger partial charge in [0, 0.05) is 26.1 Å². The summed E-state index contributed by atoms with van der Waals surface area (Å²) in [6.07, 6.45) is 2.37. The van der Waals surface area contributed by atoms with Crippen LogP contribution >= 0.6 is 12.4 Å². The molecule has 4 nitrogen and oxygen atoms in total. The molecule has 1 unspecified atom stereocenters. The summed E-state index contributed by atoms with van der Waals surface area (Å²) in [5, 5.41) is 3.28. The van der Waals surface area contributed by atoms with Gasteiger partial charge in [-0.3, -0.25) is 4.79 Å². The number of amides is 1. The number of rotatable bonds is 6. The number of carbonyl (C=O) groups is 1. The molecule has 1 aromatic rings. The van der Waals surface area contributed by atoms with Crippen molar-refractivity contribution in [3.63, 3.8) is 0 Å². The molecule has 5 heteroatoms. The standard InChI is InChI=1S/C16H24N2O2.ClH/c1-13-6-3-4-7-15(13)20-11-5-8-16(19)18(2)14-9-10-17-12-14;/h3-4,6-7,14,17H,5,8-12H2,1-2H3;1H. The fourth-order valence-corrected chi connectivity index (χ4v) is 2.47. The SMILES string of the molecule is Cc1ccccc1OCCCC(=O)N(C)C1CCNC1.Cl. The average Bonchev–Trinajstić information content (AvgIpc) is 2.98. The molecule has 0 radical (unpaired) electrons. The van der Waals surface area contributed by atoms with E-state index in [4.69, 9.17) is 4.74 Å². The lowest BCUT2D eigenvalue weighted by Crippen LogP contribution is -2.38. The van der Waals surface area contributed by atoms with Crippen molar-refractivity contribution in [2.45, 2.75) is 32.2 Å². The highest BCUT2D eigenvalue weighted by Gasteiger charge is 2.22. The van der Waals surface area contributed by atoms with Crippen LogP contribution in [0.2, 0.25) is 0 Å². The smallest absolute Gasteiger partial charge is 0.222 e. The number of hydrogen-bond acceptors (Lipinski definition) is 3. The summed E-state index contributed by atoms with van der Waals surface area (Å²) in [4.78, 5) is 13.9. The van der Waals surface area contributed by atoms with Gasteiger partial charge in [-0.15, -0.1) is 12.4 Å². The number of para-hydroxylation sites is 1. The molecule has 1 atom stereocenters. The third kappa shape index (κ3) is 5.21. The second-order valence-corrected chi connectivity index (χ2v) is 5.37. The lowest BCUT2D eigenvalue weighted by Gasteiger charge is -2.23. The minimum Gasteiger partial charge on any atom is -0.493 e. The van der Waals surface area contributed by atoms with E-state index in [1.54, 1.807) is 0 Å². The zero-order chi connectivity index (χ0) is 14.4. The number of ether oxygens (including phenoxy) is 1. The Balaban J connectivity index is 0.00000220. The number of aryl methyl sites for hydroxylation is 1. The van der Waals surface area contributed by atoms with Gasteiger partial charge in [-0.05, 0) is 37.9 Å². The Bertz CT molecular complexity index is 448. The molecule has 1 aliphatic rings. The van der Waals surface area contributed by atoms with Gasteiger partial charge in [0.2, 0.25) is 5.91 Å². The van der Waals surface area contributed by atoms with Crippen LogP contribution in [0.5, 0.6) is 5.75 Å². The van der Waals surface area contributed by atoms with Gasteiger partial charge in [0.1, 0.15) is 5.75 Å². The lowest BCUT2D eigenvalue weighted by molar-refractivity contribution is -0.131. The summed E-state index contributed by atoms with van der Waals surface area (Å²) < 4.78 is 5.71. The van der Waals surface area contributed by atoms with Crippen molar-refractivity contribution in [1.82, 2.24) is 10.2 Å². The Morgan fingerprint density at radius 2 is 2.19 bits per heavy atom. The van der Waals surface area contributed by atoms with Crippen molar-refractivity contribution in [3.05, 3.63) is 29.8 Å². The van der Waals surface area contributed by atoms with Crippen LogP contribution in [0.4, 0.5) is 0 Å². The Morgan fingerprint density at radius 3 is 2.86 bits per heavy atom. The fraction of sp³-hybridized carbons (Fsp3) is 0.562. The van der Waals surface area contributed by atoms with E-state index in [1.807, 2.05) is 43.1 Å². The second kappa shape index (κ2) is 8.90. The maximum Gasteiger partial charge on any atom is 0.222 e. The van der Waals surface area contributed by atoms with E-state index in [9.17, 15) is 4.79 Å². The molecule has 0 bridgehead atoms. The van der Waals surface area contributed by atoms with Crippen molar-refractivity contribution in [2.24, 2.45) is 0 Å². The number of halogens is 1. The van der Waals surface area contributed by atoms with Gasteiger partial charge in [0.25, 0.3) is 0 Å². The topological polar surface area (TPSA) is 41.6 Å². The van der Waals surface area contributed by atoms with Crippen LogP contribution in [0.15, 0.2) is 24.3 Å². The number of carbonyl (C=O) groups excluding carboxylic acids is 1. The summed E-state index contributed by atoms with van der Waals surface area (Å²) in [6, 6.07) is 8.32. The summed E-state index contributed by atoms with van der Waals surface area (Å²) in [5.74, 6) is 1.13. The largest absolute Gasteiger partial charge is 0.493 e. The van der Waals surface area contributed by atoms with E-state index < -0.39 is 0 Å². The molecule has 1 aliphatic heterocycles. The number of likely N-dealkylation sites (N-methyl/N-ethyl adjacent to an activating group) is 1. The number of nitrogens with one attached hydrogen (secondary N) is 1. The third-order valence-corrected chi connectivity index (χ3v) is 3.86. The van der Waals surface area contributed by atoms with Crippen LogP contribution in [-0.4, -0.2) is 43.6 Å². The van der Waals surface area contributed by atoms with Gasteiger partial charge in [0.05, 0.1) is 6.61 Å². The van der Waals surface area contributed by atoms with Crippen LogP contribution in [0.1, 0.15) is 24.8 Å². The van der Waals surface area contributed by atoms with E-state index in [0.29, 0.717) is 19.1 Å². The maximum absolute atomic E-state index is 12.1. The normalized spacial score (nSPS) is 17.1. The minimum absolute atomic E-state index is 0. The fourth-order valence-electron chi connectivity index (χ4n) is 2.47. The van der Waals surface area contributed by atoms with Crippen LogP contribution < -0.4 is 10.1 Å². The van der Waals surface area contributed by atoms with E-state index >= 15 is 0 Å². The van der Waals surface area contributed by atoms with Gasteiger partial charge < -0.3 is 15.0 Å². The first-order chi connectivity index (χ1) is 9.68. The molecule has 1 saturated heterocycles. The Kier molecular flexibility index (Phi) is 7.54. The Morgan fingerprint density at radius 1 is 1.43 bits per heavy atom. The quantitative estimate of drug-likeness (QED) is 0.820. The maximum atomic E-state index is 12.1. The van der Waals surface area contributed by atoms with Crippen LogP contribution in [0.25, 0.3) is 0 Å². The van der Waals surface area contributed by atoms with Crippen LogP contribution in [-0.2, 0) is 4.79 Å². The molecular formula is C16H25ClN2O2. The van der Waals surface area contributed by atoms with Crippen molar-refractivity contribution in [2.75, 3.05) is 26.7 Å². The first kappa shape index (κ1) is 17.8. The Labute approximate surface area is 133 Å². The highest BCUT2D eigenvalue weighted by Crippen LogP contribution is 2.16. The predicted molar refractivity (Wildman–Crippen MR) is 87.2 cm³/mol. The first-order valence-corrected chi connectivity index (χ1v) is 7.33. The highest BCUT2D eigenvalue weighted by molar-refractivity contribution is 5.85. The molecular weight excluding hydrogens is 288 g/mol. The predicted octanol–water partition coefficient (Wildman–Crippen LogP) is 2.40. The van der Waals surface area contributed by atoms with Gasteiger partial charge in [0.15, 0.2) is 0 Å². The number of nitrogens with zero attached hydrogens (tertiary/aromatic N) is 1. The van der Waals surface area contributed by atoms with E-state index in [0.717, 1.165) is 37.2 Å². The Hall–Kier alpha value is -1.26. The molecule has 1 fully saturated rings. The highest BCUT2D eigenvalue weighted by atomic mass is 35.5. The van der Waals surface area contributed by atoms with Gasteiger partial charge in [-0.2, -0.15) is 0 Å². The summed E-state index contributed by atoms with van der Waals surface area (Å²) in [5.41, 5.74) is 1.13. The second-order valence-electron chi connectivity index (χ2n) is 5.37. The molecule has 1 amide bonds. The van der Waals surface area contributed by atoms with Gasteiger partial charge in [-0.25, -0.2) is 0 Å². The van der Waals surface area contributed by atoms with Crippen molar-refractivity contribution >= 4 is 18.3 Å². The van der Waals surface area contributed by atoms with Crippen molar-refractivity contribution in [1.29, 1.82) is 0 Å². The number of hydrogen-bond donors (Lipinski definition) is 1. The van der Waals surface area contributed by atoms with Crippen molar-refractivity contribution in [3.8, 4) is 5.75 Å². The minimum atomic E-state index is 0. The summed E-state index contributed by atoms with van der Waals surface area (Å²) in [6.45, 7) is 4.55. The van der Waals surface area contributed by atoms with Gasteiger partial charge in [-0.1, -0.05) is 18.2 Å². The monoisotopic (exact) mass is 312 g/mol. The molecule has 1 heterocycles. The van der Waals surface area contributed by atoms with Crippen molar-refractivity contribution < 1.29 is 9.53 Å². The average molecular weight is 313 g/mol. The van der Waals surface area contributed by atoms with E-state index in [-0.39, 0.29) is 18.3 Å². The van der Waals surface area contributed by atoms with E-state index in [2.05, 4.69) is 5.32 Å². The van der Waals surface area contributed by atoms with Gasteiger partial charge >= 0.3 is 0 Å². The molecule has 1 N–H and O–H groups in total. The van der Waals surface area contributed by atoms with Crippen LogP contribution in [0.3, 0.4) is 0 Å². The molecule has 21 heavy (non-hydrogen) atoms. The third-order valence-electron chi connectivity index (χ3n) is 3.86. The zero-order valence-corrected chi connectivity index (χ0v) is 13.6. The molecule has 0 saturated carbocycles. The first-order valence-electron chi connectivity index (χ1n) is 7.33. The molecule has 1 aromatic carbocycles. The molecule has 118 valence electrons. The molecule has 0 aromatic heterocycles. The molecule has 0 spiro atoms. The zero-order valence-electron chi connectivity index (χ0n) is 12.8. The lowest BCUT2D eigenvalue weighted by atomic mass is 10.2. The van der Waals surface area contributed by atoms with E-state index in [1.165, 1.54) is 0 Å². The molecule has 2 rings (SSSR count). The van der Waals surface area contributed by atoms with Crippen LogP contribution in [0, 0.1) is 6.92 Å². The summed E-state index contributed by atoms with van der Waals surface area (Å²) in [7, 11) is 1.90. The molecule has 0 aliphatic carbocycles. The number of benzene rings is 1. The summed E-state index contributed by atoms with van der Waals surface area (Å²) >= 11 is 0.